The summed E-state index contributed by atoms with van der Waals surface area (Å²) < 4.78 is 10.9. The van der Waals surface area contributed by atoms with Crippen molar-refractivity contribution in [2.45, 2.75) is 19.8 Å². The quantitative estimate of drug-likeness (QED) is 0.404. The molecule has 1 aliphatic rings. The van der Waals surface area contributed by atoms with Gasteiger partial charge in [-0.05, 0) is 55.2 Å². The van der Waals surface area contributed by atoms with Gasteiger partial charge in [0.2, 0.25) is 5.88 Å². The van der Waals surface area contributed by atoms with E-state index in [0.29, 0.717) is 30.4 Å². The van der Waals surface area contributed by atoms with Crippen molar-refractivity contribution in [3.05, 3.63) is 60.7 Å². The van der Waals surface area contributed by atoms with Crippen LogP contribution in [0.15, 0.2) is 55.1 Å². The zero-order valence-corrected chi connectivity index (χ0v) is 18.8. The number of imidazole rings is 1. The van der Waals surface area contributed by atoms with Crippen molar-refractivity contribution in [2.75, 3.05) is 13.7 Å². The van der Waals surface area contributed by atoms with Crippen LogP contribution in [-0.4, -0.2) is 49.7 Å². The van der Waals surface area contributed by atoms with Crippen LogP contribution in [0.1, 0.15) is 18.4 Å². The minimum Gasteiger partial charge on any atom is -0.497 e. The number of aromatic amines is 1. The first kappa shape index (κ1) is 21.6. The summed E-state index contributed by atoms with van der Waals surface area (Å²) in [6, 6.07) is 9.49. The van der Waals surface area contributed by atoms with Gasteiger partial charge in [-0.1, -0.05) is 0 Å². The molecule has 3 heterocycles. The number of H-pyrrole nitrogens is 1. The van der Waals surface area contributed by atoms with Crippen LogP contribution in [0.2, 0.25) is 0 Å². The average Bonchev–Trinajstić information content (AvgIpc) is 3.51. The summed E-state index contributed by atoms with van der Waals surface area (Å²) in [5.74, 6) is 1.44. The lowest BCUT2D eigenvalue weighted by atomic mass is 10.1. The fourth-order valence-electron chi connectivity index (χ4n) is 3.64. The second-order valence-corrected chi connectivity index (χ2v) is 8.38. The number of aryl methyl sites for hydroxylation is 1. The van der Waals surface area contributed by atoms with Gasteiger partial charge >= 0.3 is 5.97 Å². The van der Waals surface area contributed by atoms with Crippen LogP contribution in [0.5, 0.6) is 11.6 Å². The summed E-state index contributed by atoms with van der Waals surface area (Å²) in [5.41, 5.74) is 3.70. The summed E-state index contributed by atoms with van der Waals surface area (Å²) >= 11 is 0. The van der Waals surface area contributed by atoms with E-state index in [2.05, 4.69) is 24.9 Å². The van der Waals surface area contributed by atoms with Gasteiger partial charge in [0.05, 0.1) is 19.0 Å². The average molecular weight is 457 g/mol. The Bertz CT molecular complexity index is 1330. The molecular weight excluding hydrogens is 434 g/mol. The van der Waals surface area contributed by atoms with E-state index in [4.69, 9.17) is 9.47 Å². The summed E-state index contributed by atoms with van der Waals surface area (Å²) in [6.07, 6.45) is 8.17. The van der Waals surface area contributed by atoms with Crippen molar-refractivity contribution in [1.29, 1.82) is 0 Å². The van der Waals surface area contributed by atoms with Crippen LogP contribution in [-0.2, 0) is 4.79 Å². The molecule has 0 unspecified atom stereocenters. The Labute approximate surface area is 195 Å². The van der Waals surface area contributed by atoms with E-state index in [1.165, 1.54) is 0 Å². The van der Waals surface area contributed by atoms with Gasteiger partial charge in [0.15, 0.2) is 11.6 Å². The van der Waals surface area contributed by atoms with Crippen LogP contribution < -0.4 is 9.47 Å². The van der Waals surface area contributed by atoms with E-state index in [0.717, 1.165) is 33.7 Å². The van der Waals surface area contributed by atoms with E-state index >= 15 is 0 Å². The Morgan fingerprint density at radius 3 is 2.38 bits per heavy atom. The van der Waals surface area contributed by atoms with Gasteiger partial charge in [0.25, 0.3) is 0 Å². The molecule has 1 aromatic carbocycles. The fraction of sp³-hybridized carbons (Fsp3) is 0.240. The first-order valence-electron chi connectivity index (χ1n) is 10.8. The first-order valence-corrected chi connectivity index (χ1v) is 10.8. The molecule has 0 spiro atoms. The van der Waals surface area contributed by atoms with Crippen molar-refractivity contribution in [1.82, 2.24) is 24.9 Å². The third-order valence-electron chi connectivity index (χ3n) is 6.04. The summed E-state index contributed by atoms with van der Waals surface area (Å²) in [6.45, 7) is 2.07. The number of methoxy groups -OCH3 is 1. The number of hydrogen-bond acceptors (Lipinski definition) is 7. The van der Waals surface area contributed by atoms with Gasteiger partial charge in [-0.3, -0.25) is 4.79 Å². The summed E-state index contributed by atoms with van der Waals surface area (Å²) in [5, 5.41) is 9.29. The van der Waals surface area contributed by atoms with E-state index in [9.17, 15) is 9.90 Å². The molecule has 0 atom stereocenters. The minimum absolute atomic E-state index is 0.133. The standard InChI is InChI=1S/C25H23N5O4/c1-15-9-21(34-14-25(7-8-25)24(31)32)26-12-19(15)17-10-27-22(28-11-17)23-29-13-20(30-23)16-3-5-18(33-2)6-4-16/h3-6,9-13H,7-8,14H2,1-2H3,(H,29,30)(H,31,32). The van der Waals surface area contributed by atoms with Crippen molar-refractivity contribution in [2.24, 2.45) is 5.41 Å². The fourth-order valence-corrected chi connectivity index (χ4v) is 3.64. The predicted octanol–water partition coefficient (Wildman–Crippen LogP) is 4.16. The first-order chi connectivity index (χ1) is 16.5. The molecule has 1 saturated carbocycles. The number of nitrogens with one attached hydrogen (secondary N) is 1. The molecule has 3 aromatic heterocycles. The number of pyridine rings is 1. The third kappa shape index (κ3) is 4.19. The Morgan fingerprint density at radius 1 is 1.03 bits per heavy atom. The number of hydrogen-bond donors (Lipinski definition) is 2. The maximum Gasteiger partial charge on any atom is 0.313 e. The highest BCUT2D eigenvalue weighted by Crippen LogP contribution is 2.46. The topological polar surface area (TPSA) is 123 Å². The normalized spacial score (nSPS) is 13.9. The molecule has 9 nitrogen and oxygen atoms in total. The van der Waals surface area contributed by atoms with E-state index < -0.39 is 11.4 Å². The number of benzene rings is 1. The van der Waals surface area contributed by atoms with Crippen molar-refractivity contribution in [3.63, 3.8) is 0 Å². The molecule has 5 rings (SSSR count). The lowest BCUT2D eigenvalue weighted by molar-refractivity contribution is -0.144. The van der Waals surface area contributed by atoms with Gasteiger partial charge in [0.1, 0.15) is 17.8 Å². The summed E-state index contributed by atoms with van der Waals surface area (Å²) in [4.78, 5) is 32.3. The zero-order chi connectivity index (χ0) is 23.7. The molecule has 172 valence electrons. The number of carbonyl (C=O) groups is 1. The molecule has 0 saturated heterocycles. The monoisotopic (exact) mass is 457 g/mol. The Hall–Kier alpha value is -4.27. The molecule has 1 aliphatic carbocycles. The molecule has 0 bridgehead atoms. The van der Waals surface area contributed by atoms with Crippen molar-refractivity contribution >= 4 is 5.97 Å². The number of aromatic nitrogens is 5. The SMILES string of the molecule is COc1ccc(-c2cnc(-c3ncc(-c4cnc(OCC5(C(=O)O)CC5)cc4C)cn3)[nH]2)cc1. The molecule has 1 fully saturated rings. The van der Waals surface area contributed by atoms with Crippen LogP contribution in [0.25, 0.3) is 34.0 Å². The molecular formula is C25H23N5O4. The van der Waals surface area contributed by atoms with E-state index in [-0.39, 0.29) is 6.61 Å². The van der Waals surface area contributed by atoms with Gasteiger partial charge in [0, 0.05) is 35.8 Å². The number of rotatable bonds is 8. The molecule has 0 amide bonds. The maximum atomic E-state index is 11.3. The third-order valence-corrected chi connectivity index (χ3v) is 6.04. The highest BCUT2D eigenvalue weighted by molar-refractivity contribution is 5.78. The maximum absolute atomic E-state index is 11.3. The molecule has 0 radical (unpaired) electrons. The molecule has 4 aromatic rings. The number of nitrogens with zero attached hydrogens (tertiary/aromatic N) is 4. The van der Waals surface area contributed by atoms with Gasteiger partial charge in [-0.2, -0.15) is 0 Å². The second kappa shape index (κ2) is 8.58. The number of carboxylic acid groups (broad SMARTS) is 1. The van der Waals surface area contributed by atoms with Crippen LogP contribution in [0.4, 0.5) is 0 Å². The summed E-state index contributed by atoms with van der Waals surface area (Å²) in [7, 11) is 1.63. The van der Waals surface area contributed by atoms with E-state index in [1.54, 1.807) is 38.0 Å². The van der Waals surface area contributed by atoms with Crippen LogP contribution in [0, 0.1) is 12.3 Å². The lowest BCUT2D eigenvalue weighted by Gasteiger charge is -2.12. The second-order valence-electron chi connectivity index (χ2n) is 8.38. The van der Waals surface area contributed by atoms with Crippen LogP contribution >= 0.6 is 0 Å². The Kier molecular flexibility index (Phi) is 5.45. The van der Waals surface area contributed by atoms with Gasteiger partial charge < -0.3 is 19.6 Å². The smallest absolute Gasteiger partial charge is 0.313 e. The highest BCUT2D eigenvalue weighted by Gasteiger charge is 2.51. The molecule has 0 aliphatic heterocycles. The Morgan fingerprint density at radius 2 is 1.76 bits per heavy atom. The molecule has 2 N–H and O–H groups in total. The minimum atomic E-state index is -0.814. The number of ether oxygens (including phenoxy) is 2. The highest BCUT2D eigenvalue weighted by atomic mass is 16.5. The molecule has 34 heavy (non-hydrogen) atoms. The largest absolute Gasteiger partial charge is 0.497 e. The lowest BCUT2D eigenvalue weighted by Crippen LogP contribution is -2.23. The molecule has 9 heteroatoms. The van der Waals surface area contributed by atoms with Crippen molar-refractivity contribution in [3.8, 4) is 45.7 Å². The van der Waals surface area contributed by atoms with Gasteiger partial charge in [-0.15, -0.1) is 0 Å². The van der Waals surface area contributed by atoms with E-state index in [1.807, 2.05) is 31.2 Å². The predicted molar refractivity (Wildman–Crippen MR) is 124 cm³/mol. The zero-order valence-electron chi connectivity index (χ0n) is 18.8. The number of carboxylic acids is 1. The Balaban J connectivity index is 1.29. The van der Waals surface area contributed by atoms with Crippen molar-refractivity contribution < 1.29 is 19.4 Å². The van der Waals surface area contributed by atoms with Gasteiger partial charge in [-0.25, -0.2) is 19.9 Å². The number of aliphatic carboxylic acids is 1. The van der Waals surface area contributed by atoms with Crippen LogP contribution in [0.3, 0.4) is 0 Å².